The highest BCUT2D eigenvalue weighted by Gasteiger charge is 2.02. The van der Waals surface area contributed by atoms with Gasteiger partial charge in [-0.3, -0.25) is 4.79 Å². The molecule has 0 aromatic heterocycles. The summed E-state index contributed by atoms with van der Waals surface area (Å²) in [5, 5.41) is 18.1. The molecule has 0 bridgehead atoms. The van der Waals surface area contributed by atoms with E-state index in [1.807, 2.05) is 0 Å². The number of rotatable bonds is 29. The predicted molar refractivity (Wildman–Crippen MR) is 165 cm³/mol. The maximum atomic E-state index is 10.4. The van der Waals surface area contributed by atoms with Crippen molar-refractivity contribution in [1.29, 1.82) is 0 Å². The van der Waals surface area contributed by atoms with Gasteiger partial charge in [-0.25, -0.2) is 0 Å². The van der Waals surface area contributed by atoms with E-state index < -0.39 is 5.97 Å². The standard InChI is InChI=1S/C22H44O2.C12H26O/c1-2-3-4-5-6-7-8-9-10-11-12-13-14-15-16-17-18-19-20-21-22(23)24;1-3-5-7-8-9-11-12(13)10-6-4-2/h2-21H2,1H3,(H,23,24);12-13H,3-11H2,1-2H3. The molecule has 0 aliphatic rings. The number of hydrogen-bond donors (Lipinski definition) is 2. The Hall–Kier alpha value is -0.570. The number of aliphatic hydroxyl groups is 1. The molecule has 0 saturated carbocycles. The van der Waals surface area contributed by atoms with Crippen LogP contribution in [-0.4, -0.2) is 22.3 Å². The van der Waals surface area contributed by atoms with E-state index >= 15 is 0 Å². The number of aliphatic hydroxyl groups excluding tert-OH is 1. The highest BCUT2D eigenvalue weighted by Crippen LogP contribution is 2.15. The maximum absolute atomic E-state index is 10.4. The van der Waals surface area contributed by atoms with Crippen LogP contribution in [0.1, 0.15) is 207 Å². The maximum Gasteiger partial charge on any atom is 0.303 e. The monoisotopic (exact) mass is 527 g/mol. The molecular formula is C34H70O3. The predicted octanol–water partition coefficient (Wildman–Crippen LogP) is 11.8. The fraction of sp³-hybridized carbons (Fsp3) is 0.971. The van der Waals surface area contributed by atoms with Crippen molar-refractivity contribution in [3.05, 3.63) is 0 Å². The van der Waals surface area contributed by atoms with E-state index in [1.54, 1.807) is 0 Å². The van der Waals surface area contributed by atoms with Gasteiger partial charge < -0.3 is 10.2 Å². The van der Waals surface area contributed by atoms with Crippen LogP contribution in [0.4, 0.5) is 0 Å². The van der Waals surface area contributed by atoms with Gasteiger partial charge in [-0.2, -0.15) is 0 Å². The van der Waals surface area contributed by atoms with Crippen LogP contribution in [0.15, 0.2) is 0 Å². The fourth-order valence-corrected chi connectivity index (χ4v) is 4.92. The summed E-state index contributed by atoms with van der Waals surface area (Å²) in [6.45, 7) is 6.69. The van der Waals surface area contributed by atoms with E-state index in [0.29, 0.717) is 6.42 Å². The Kier molecular flexibility index (Phi) is 36.9. The molecule has 0 aromatic carbocycles. The number of hydrogen-bond acceptors (Lipinski definition) is 2. The molecule has 0 radical (unpaired) electrons. The third-order valence-corrected chi connectivity index (χ3v) is 7.53. The summed E-state index contributed by atoms with van der Waals surface area (Å²) in [5.41, 5.74) is 0. The van der Waals surface area contributed by atoms with Crippen molar-refractivity contribution >= 4 is 5.97 Å². The zero-order valence-electron chi connectivity index (χ0n) is 25.9. The van der Waals surface area contributed by atoms with E-state index in [0.717, 1.165) is 25.7 Å². The molecule has 0 saturated heterocycles. The minimum atomic E-state index is -0.651. The van der Waals surface area contributed by atoms with Crippen LogP contribution in [0, 0.1) is 0 Å². The second kappa shape index (κ2) is 35.4. The molecule has 224 valence electrons. The van der Waals surface area contributed by atoms with Crippen LogP contribution >= 0.6 is 0 Å². The van der Waals surface area contributed by atoms with Crippen LogP contribution in [0.5, 0.6) is 0 Å². The quantitative estimate of drug-likeness (QED) is 0.0952. The van der Waals surface area contributed by atoms with Crippen molar-refractivity contribution < 1.29 is 15.0 Å². The van der Waals surface area contributed by atoms with E-state index in [2.05, 4.69) is 20.8 Å². The number of carbonyl (C=O) groups is 1. The molecule has 1 atom stereocenters. The first-order chi connectivity index (χ1) is 18.1. The lowest BCUT2D eigenvalue weighted by atomic mass is 10.0. The summed E-state index contributed by atoms with van der Waals surface area (Å²) < 4.78 is 0. The first kappa shape index (κ1) is 38.6. The Labute approximate surface area is 234 Å². The van der Waals surface area contributed by atoms with Gasteiger partial charge in [-0.05, 0) is 19.3 Å². The number of carboxylic acid groups (broad SMARTS) is 1. The number of carboxylic acids is 1. The van der Waals surface area contributed by atoms with Gasteiger partial charge in [0.05, 0.1) is 6.10 Å². The van der Waals surface area contributed by atoms with Gasteiger partial charge in [-0.15, -0.1) is 0 Å². The van der Waals surface area contributed by atoms with Gasteiger partial charge in [-0.1, -0.05) is 181 Å². The molecule has 0 aromatic rings. The van der Waals surface area contributed by atoms with Crippen LogP contribution in [-0.2, 0) is 4.79 Å². The number of unbranched alkanes of at least 4 members (excludes halogenated alkanes) is 23. The smallest absolute Gasteiger partial charge is 0.303 e. The van der Waals surface area contributed by atoms with E-state index in [9.17, 15) is 9.90 Å². The summed E-state index contributed by atoms with van der Waals surface area (Å²) in [6.07, 6.45) is 37.0. The van der Waals surface area contributed by atoms with E-state index in [1.165, 1.54) is 154 Å². The van der Waals surface area contributed by atoms with Gasteiger partial charge >= 0.3 is 5.97 Å². The summed E-state index contributed by atoms with van der Waals surface area (Å²) in [5.74, 6) is -0.651. The normalized spacial score (nSPS) is 11.8. The SMILES string of the molecule is CCCCCCCC(O)CCCC.CCCCCCCCCCCCCCCCCCCCCC(=O)O. The summed E-state index contributed by atoms with van der Waals surface area (Å²) >= 11 is 0. The zero-order chi connectivity index (χ0) is 27.7. The largest absolute Gasteiger partial charge is 0.481 e. The Morgan fingerprint density at radius 2 is 0.703 bits per heavy atom. The lowest BCUT2D eigenvalue weighted by molar-refractivity contribution is -0.137. The Morgan fingerprint density at radius 1 is 0.432 bits per heavy atom. The molecule has 0 fully saturated rings. The van der Waals surface area contributed by atoms with Crippen LogP contribution in [0.25, 0.3) is 0 Å². The summed E-state index contributed by atoms with van der Waals surface area (Å²) in [4.78, 5) is 10.4. The van der Waals surface area contributed by atoms with Crippen molar-refractivity contribution in [2.45, 2.75) is 213 Å². The Balaban J connectivity index is 0. The average molecular weight is 527 g/mol. The van der Waals surface area contributed by atoms with Crippen molar-refractivity contribution in [3.63, 3.8) is 0 Å². The zero-order valence-corrected chi connectivity index (χ0v) is 25.9. The third-order valence-electron chi connectivity index (χ3n) is 7.53. The fourth-order valence-electron chi connectivity index (χ4n) is 4.92. The van der Waals surface area contributed by atoms with Gasteiger partial charge in [0.25, 0.3) is 0 Å². The minimum Gasteiger partial charge on any atom is -0.481 e. The molecule has 3 nitrogen and oxygen atoms in total. The molecule has 2 N–H and O–H groups in total. The summed E-state index contributed by atoms with van der Waals surface area (Å²) in [6, 6.07) is 0. The lowest BCUT2D eigenvalue weighted by Crippen LogP contribution is -2.05. The number of aliphatic carboxylic acids is 1. The second-order valence-corrected chi connectivity index (χ2v) is 11.5. The van der Waals surface area contributed by atoms with Gasteiger partial charge in [0, 0.05) is 6.42 Å². The highest BCUT2D eigenvalue weighted by atomic mass is 16.4. The van der Waals surface area contributed by atoms with Crippen molar-refractivity contribution in [2.75, 3.05) is 0 Å². The van der Waals surface area contributed by atoms with Crippen molar-refractivity contribution in [3.8, 4) is 0 Å². The van der Waals surface area contributed by atoms with Crippen LogP contribution in [0.2, 0.25) is 0 Å². The molecular weight excluding hydrogens is 456 g/mol. The minimum absolute atomic E-state index is 0.0263. The average Bonchev–Trinajstić information content (AvgIpc) is 2.89. The van der Waals surface area contributed by atoms with E-state index in [-0.39, 0.29) is 6.10 Å². The first-order valence-electron chi connectivity index (χ1n) is 17.0. The molecule has 0 rings (SSSR count). The van der Waals surface area contributed by atoms with Crippen molar-refractivity contribution in [2.24, 2.45) is 0 Å². The van der Waals surface area contributed by atoms with E-state index in [4.69, 9.17) is 5.11 Å². The molecule has 37 heavy (non-hydrogen) atoms. The van der Waals surface area contributed by atoms with Gasteiger partial charge in [0.2, 0.25) is 0 Å². The van der Waals surface area contributed by atoms with Crippen LogP contribution < -0.4 is 0 Å². The molecule has 0 aliphatic heterocycles. The Morgan fingerprint density at radius 3 is 1.03 bits per heavy atom. The highest BCUT2D eigenvalue weighted by molar-refractivity contribution is 5.66. The second-order valence-electron chi connectivity index (χ2n) is 11.5. The van der Waals surface area contributed by atoms with Crippen molar-refractivity contribution in [1.82, 2.24) is 0 Å². The molecule has 0 amide bonds. The summed E-state index contributed by atoms with van der Waals surface area (Å²) in [7, 11) is 0. The first-order valence-corrected chi connectivity index (χ1v) is 17.0. The van der Waals surface area contributed by atoms with Gasteiger partial charge in [0.1, 0.15) is 0 Å². The van der Waals surface area contributed by atoms with Crippen LogP contribution in [0.3, 0.4) is 0 Å². The molecule has 0 spiro atoms. The Bertz CT molecular complexity index is 410. The molecule has 1 unspecified atom stereocenters. The lowest BCUT2D eigenvalue weighted by Gasteiger charge is -2.08. The molecule has 0 aliphatic carbocycles. The molecule has 0 heterocycles. The molecule has 3 heteroatoms. The third kappa shape index (κ3) is 40.1. The topological polar surface area (TPSA) is 57.5 Å². The van der Waals surface area contributed by atoms with Gasteiger partial charge in [0.15, 0.2) is 0 Å².